The molecule has 0 aliphatic carbocycles. The average molecular weight is 552 g/mol. The fraction of sp³-hybridized carbons (Fsp3) is 0.269. The molecule has 0 fully saturated rings. The molecule has 1 aliphatic heterocycles. The fourth-order valence-electron chi connectivity index (χ4n) is 4.35. The molecule has 3 N–H and O–H groups in total. The van der Waals surface area contributed by atoms with E-state index in [1.165, 1.54) is 36.5 Å². The Morgan fingerprint density at radius 1 is 1.18 bits per heavy atom. The SMILES string of the molecule is CCC(C(=O)Nc1ccc(C(N)=O)cc1)n1cc2c(cc1=O)-c1c(ccc(Cl)c1F)CC(C(F)(F)F)OC2. The second kappa shape index (κ2) is 10.6. The summed E-state index contributed by atoms with van der Waals surface area (Å²) in [7, 11) is 0. The van der Waals surface area contributed by atoms with Crippen molar-refractivity contribution in [2.24, 2.45) is 5.73 Å². The minimum Gasteiger partial charge on any atom is -0.366 e. The monoisotopic (exact) mass is 551 g/mol. The van der Waals surface area contributed by atoms with Gasteiger partial charge in [0.1, 0.15) is 11.9 Å². The van der Waals surface area contributed by atoms with Crippen LogP contribution < -0.4 is 16.6 Å². The molecule has 2 amide bonds. The lowest BCUT2D eigenvalue weighted by molar-refractivity contribution is -0.223. The van der Waals surface area contributed by atoms with Gasteiger partial charge in [-0.1, -0.05) is 24.6 Å². The Morgan fingerprint density at radius 3 is 2.47 bits per heavy atom. The van der Waals surface area contributed by atoms with Crippen molar-refractivity contribution in [3.05, 3.63) is 86.5 Å². The third-order valence-electron chi connectivity index (χ3n) is 6.29. The minimum absolute atomic E-state index is 0.0171. The highest BCUT2D eigenvalue weighted by atomic mass is 35.5. The van der Waals surface area contributed by atoms with E-state index in [1.807, 2.05) is 0 Å². The number of primary amides is 1. The number of alkyl halides is 3. The van der Waals surface area contributed by atoms with E-state index >= 15 is 4.39 Å². The summed E-state index contributed by atoms with van der Waals surface area (Å²) in [5.74, 6) is -2.18. The van der Waals surface area contributed by atoms with Crippen LogP contribution in [0.25, 0.3) is 11.1 Å². The number of ether oxygens (including phenoxy) is 1. The first-order valence-electron chi connectivity index (χ1n) is 11.5. The molecule has 4 rings (SSSR count). The minimum atomic E-state index is -4.73. The van der Waals surface area contributed by atoms with E-state index in [0.29, 0.717) is 5.69 Å². The number of aromatic nitrogens is 1. The molecular weight excluding hydrogens is 530 g/mol. The van der Waals surface area contributed by atoms with Crippen LogP contribution in [-0.4, -0.2) is 28.7 Å². The summed E-state index contributed by atoms with van der Waals surface area (Å²) in [5.41, 5.74) is 5.01. The Kier molecular flexibility index (Phi) is 7.61. The summed E-state index contributed by atoms with van der Waals surface area (Å²) in [6.07, 6.45) is -6.25. The average Bonchev–Trinajstić information content (AvgIpc) is 2.84. The summed E-state index contributed by atoms with van der Waals surface area (Å²) >= 11 is 5.93. The number of carbonyl (C=O) groups excluding carboxylic acids is 2. The van der Waals surface area contributed by atoms with Gasteiger partial charge in [0, 0.05) is 41.1 Å². The molecule has 12 heteroatoms. The second-order valence-corrected chi connectivity index (χ2v) is 9.16. The molecule has 7 nitrogen and oxygen atoms in total. The number of halogens is 5. The normalized spacial score (nSPS) is 16.0. The van der Waals surface area contributed by atoms with Gasteiger partial charge in [-0.3, -0.25) is 14.4 Å². The maximum Gasteiger partial charge on any atom is 0.414 e. The third kappa shape index (κ3) is 5.44. The fourth-order valence-corrected chi connectivity index (χ4v) is 4.50. The molecule has 0 saturated carbocycles. The van der Waals surface area contributed by atoms with Crippen LogP contribution in [0.3, 0.4) is 0 Å². The molecular formula is C26H22ClF4N3O4. The zero-order valence-electron chi connectivity index (χ0n) is 19.9. The van der Waals surface area contributed by atoms with Crippen LogP contribution in [0.1, 0.15) is 40.9 Å². The quantitative estimate of drug-likeness (QED) is 0.436. The number of nitrogens with two attached hydrogens (primary N) is 1. The molecule has 0 saturated heterocycles. The van der Waals surface area contributed by atoms with Crippen LogP contribution in [0.2, 0.25) is 5.02 Å². The number of pyridine rings is 1. The zero-order chi connectivity index (χ0) is 27.8. The van der Waals surface area contributed by atoms with Crippen LogP contribution in [0.15, 0.2) is 53.5 Å². The van der Waals surface area contributed by atoms with E-state index in [1.54, 1.807) is 6.92 Å². The summed E-state index contributed by atoms with van der Waals surface area (Å²) in [6.45, 7) is 1.06. The van der Waals surface area contributed by atoms with E-state index in [4.69, 9.17) is 22.1 Å². The third-order valence-corrected chi connectivity index (χ3v) is 6.58. The van der Waals surface area contributed by atoms with Crippen LogP contribution >= 0.6 is 11.6 Å². The highest BCUT2D eigenvalue weighted by Gasteiger charge is 2.42. The molecule has 2 unspecified atom stereocenters. The summed E-state index contributed by atoms with van der Waals surface area (Å²) in [4.78, 5) is 37.5. The molecule has 0 spiro atoms. The predicted octanol–water partition coefficient (Wildman–Crippen LogP) is 5.00. The predicted molar refractivity (Wildman–Crippen MR) is 132 cm³/mol. The number of fused-ring (bicyclic) bond motifs is 3. The van der Waals surface area contributed by atoms with Gasteiger partial charge in [0.15, 0.2) is 6.10 Å². The van der Waals surface area contributed by atoms with Crippen LogP contribution in [0.4, 0.5) is 23.2 Å². The number of carbonyl (C=O) groups is 2. The standard InChI is InChI=1S/C26H22ClF4N3O4/c1-2-19(25(37)33-16-6-3-13(4-7-16)24(32)36)34-11-15-12-38-20(26(29,30)31)9-14-5-8-18(27)23(28)22(14)17(15)10-21(34)35/h3-8,10-11,19-20H,2,9,12H2,1H3,(H2,32,36)(H,33,37). The molecule has 1 aliphatic rings. The number of benzene rings is 2. The number of anilines is 1. The maximum absolute atomic E-state index is 15.1. The molecule has 3 aromatic rings. The van der Waals surface area contributed by atoms with Crippen LogP contribution in [0, 0.1) is 5.82 Å². The van der Waals surface area contributed by atoms with Gasteiger partial charge in [-0.2, -0.15) is 13.2 Å². The van der Waals surface area contributed by atoms with Crippen molar-refractivity contribution in [2.45, 2.75) is 44.7 Å². The lowest BCUT2D eigenvalue weighted by atomic mass is 9.91. The van der Waals surface area contributed by atoms with Gasteiger partial charge in [-0.25, -0.2) is 4.39 Å². The zero-order valence-corrected chi connectivity index (χ0v) is 20.7. The Labute approximate surface area is 219 Å². The highest BCUT2D eigenvalue weighted by Crippen LogP contribution is 2.38. The van der Waals surface area contributed by atoms with Gasteiger partial charge in [0.05, 0.1) is 11.6 Å². The van der Waals surface area contributed by atoms with Gasteiger partial charge in [0.25, 0.3) is 5.56 Å². The lowest BCUT2D eigenvalue weighted by Crippen LogP contribution is -2.36. The Morgan fingerprint density at radius 2 is 1.87 bits per heavy atom. The van der Waals surface area contributed by atoms with Crippen LogP contribution in [-0.2, 0) is 22.6 Å². The van der Waals surface area contributed by atoms with Crippen molar-refractivity contribution in [1.29, 1.82) is 0 Å². The van der Waals surface area contributed by atoms with Crippen LogP contribution in [0.5, 0.6) is 0 Å². The molecule has 2 atom stereocenters. The van der Waals surface area contributed by atoms with Crippen molar-refractivity contribution in [3.8, 4) is 11.1 Å². The largest absolute Gasteiger partial charge is 0.414 e. The Bertz CT molecular complexity index is 1450. The molecule has 2 aromatic carbocycles. The summed E-state index contributed by atoms with van der Waals surface area (Å²) in [6, 6.07) is 8.20. The number of hydrogen-bond donors (Lipinski definition) is 2. The number of nitrogens with zero attached hydrogens (tertiary/aromatic N) is 1. The van der Waals surface area contributed by atoms with Crippen molar-refractivity contribution < 1.29 is 31.9 Å². The van der Waals surface area contributed by atoms with Crippen molar-refractivity contribution >= 4 is 29.1 Å². The first-order chi connectivity index (χ1) is 17.9. The maximum atomic E-state index is 15.1. The van der Waals surface area contributed by atoms with Gasteiger partial charge < -0.3 is 20.4 Å². The van der Waals surface area contributed by atoms with Gasteiger partial charge in [0.2, 0.25) is 11.8 Å². The van der Waals surface area contributed by atoms with E-state index in [0.717, 1.165) is 16.7 Å². The van der Waals surface area contributed by atoms with E-state index in [2.05, 4.69) is 5.32 Å². The number of rotatable bonds is 5. The molecule has 38 heavy (non-hydrogen) atoms. The summed E-state index contributed by atoms with van der Waals surface area (Å²) < 4.78 is 62.3. The van der Waals surface area contributed by atoms with E-state index in [9.17, 15) is 27.6 Å². The number of amides is 2. The van der Waals surface area contributed by atoms with Crippen molar-refractivity contribution in [1.82, 2.24) is 4.57 Å². The van der Waals surface area contributed by atoms with E-state index in [-0.39, 0.29) is 39.3 Å². The number of nitrogens with one attached hydrogen (secondary N) is 1. The first kappa shape index (κ1) is 27.3. The summed E-state index contributed by atoms with van der Waals surface area (Å²) in [5, 5.41) is 2.33. The molecule has 2 heterocycles. The van der Waals surface area contributed by atoms with Crippen molar-refractivity contribution in [2.75, 3.05) is 5.32 Å². The van der Waals surface area contributed by atoms with Gasteiger partial charge in [-0.05, 0) is 47.9 Å². The van der Waals surface area contributed by atoms with Gasteiger partial charge >= 0.3 is 6.18 Å². The molecule has 0 bridgehead atoms. The Hall–Kier alpha value is -3.70. The van der Waals surface area contributed by atoms with E-state index < -0.39 is 54.5 Å². The molecule has 0 radical (unpaired) electrons. The first-order valence-corrected chi connectivity index (χ1v) is 11.9. The lowest BCUT2D eigenvalue weighted by Gasteiger charge is -2.27. The highest BCUT2D eigenvalue weighted by molar-refractivity contribution is 6.31. The second-order valence-electron chi connectivity index (χ2n) is 8.75. The molecule has 200 valence electrons. The Balaban J connectivity index is 1.76. The number of hydrogen-bond acceptors (Lipinski definition) is 4. The van der Waals surface area contributed by atoms with Gasteiger partial charge in [-0.15, -0.1) is 0 Å². The topological polar surface area (TPSA) is 103 Å². The smallest absolute Gasteiger partial charge is 0.366 e. The molecule has 1 aromatic heterocycles. The van der Waals surface area contributed by atoms with Crippen molar-refractivity contribution in [3.63, 3.8) is 0 Å².